The summed E-state index contributed by atoms with van der Waals surface area (Å²) in [6.07, 6.45) is 5.26. The standard InChI is InChI=1S/C24H23N3O5/c1-16-25-9-11-27(16)12-10-26-23(28)15-31-19-7-8-20-21(14-19)32-22(24(20)29)13-17-3-5-18(30-2)6-4-17/h3-9,11,13-14H,10,12,15H2,1-2H3,(H,26,28). The lowest BCUT2D eigenvalue weighted by molar-refractivity contribution is -0.123. The number of hydrogen-bond donors (Lipinski definition) is 1. The van der Waals surface area contributed by atoms with Gasteiger partial charge in [0.25, 0.3) is 5.91 Å². The lowest BCUT2D eigenvalue weighted by Crippen LogP contribution is -2.31. The molecule has 8 nitrogen and oxygen atoms in total. The molecule has 0 saturated carbocycles. The van der Waals surface area contributed by atoms with E-state index in [4.69, 9.17) is 14.2 Å². The molecule has 0 unspecified atom stereocenters. The van der Waals surface area contributed by atoms with E-state index in [-0.39, 0.29) is 24.1 Å². The molecule has 1 aliphatic rings. The first-order valence-corrected chi connectivity index (χ1v) is 10.1. The van der Waals surface area contributed by atoms with Crippen LogP contribution in [0.15, 0.2) is 60.6 Å². The lowest BCUT2D eigenvalue weighted by atomic mass is 10.1. The molecule has 32 heavy (non-hydrogen) atoms. The van der Waals surface area contributed by atoms with Crippen molar-refractivity contribution in [3.8, 4) is 17.2 Å². The summed E-state index contributed by atoms with van der Waals surface area (Å²) < 4.78 is 18.4. The van der Waals surface area contributed by atoms with Gasteiger partial charge in [-0.1, -0.05) is 12.1 Å². The van der Waals surface area contributed by atoms with Crippen LogP contribution in [0.4, 0.5) is 0 Å². The number of nitrogens with one attached hydrogen (secondary N) is 1. The maximum atomic E-state index is 12.6. The minimum absolute atomic E-state index is 0.135. The summed E-state index contributed by atoms with van der Waals surface area (Å²) in [6, 6.07) is 12.2. The molecule has 1 aliphatic heterocycles. The molecular weight excluding hydrogens is 410 g/mol. The van der Waals surface area contributed by atoms with Crippen LogP contribution in [0.2, 0.25) is 0 Å². The Hall–Kier alpha value is -4.07. The van der Waals surface area contributed by atoms with Crippen LogP contribution in [0.25, 0.3) is 6.08 Å². The van der Waals surface area contributed by atoms with Gasteiger partial charge in [0.1, 0.15) is 23.1 Å². The van der Waals surface area contributed by atoms with Gasteiger partial charge in [-0.2, -0.15) is 0 Å². The molecule has 0 spiro atoms. The highest BCUT2D eigenvalue weighted by atomic mass is 16.5. The predicted octanol–water partition coefficient (Wildman–Crippen LogP) is 3.01. The zero-order valence-corrected chi connectivity index (χ0v) is 17.8. The van der Waals surface area contributed by atoms with E-state index in [0.717, 1.165) is 17.1 Å². The van der Waals surface area contributed by atoms with E-state index in [1.807, 2.05) is 42.0 Å². The highest BCUT2D eigenvalue weighted by Crippen LogP contribution is 2.35. The number of methoxy groups -OCH3 is 1. The van der Waals surface area contributed by atoms with E-state index in [1.165, 1.54) is 0 Å². The second-order valence-electron chi connectivity index (χ2n) is 7.18. The molecule has 0 saturated heterocycles. The monoisotopic (exact) mass is 433 g/mol. The minimum Gasteiger partial charge on any atom is -0.497 e. The average Bonchev–Trinajstić information content (AvgIpc) is 3.35. The minimum atomic E-state index is -0.236. The number of carbonyl (C=O) groups is 2. The highest BCUT2D eigenvalue weighted by Gasteiger charge is 2.27. The van der Waals surface area contributed by atoms with E-state index in [9.17, 15) is 9.59 Å². The zero-order valence-electron chi connectivity index (χ0n) is 17.8. The van der Waals surface area contributed by atoms with Gasteiger partial charge in [-0.15, -0.1) is 0 Å². The normalized spacial score (nSPS) is 13.6. The fraction of sp³-hybridized carbons (Fsp3) is 0.208. The number of fused-ring (bicyclic) bond motifs is 1. The van der Waals surface area contributed by atoms with Crippen LogP contribution >= 0.6 is 0 Å². The van der Waals surface area contributed by atoms with Crippen LogP contribution in [0, 0.1) is 6.92 Å². The Morgan fingerprint density at radius 3 is 2.69 bits per heavy atom. The number of benzene rings is 2. The number of amides is 1. The summed E-state index contributed by atoms with van der Waals surface area (Å²) in [4.78, 5) is 28.8. The Morgan fingerprint density at radius 1 is 1.19 bits per heavy atom. The van der Waals surface area contributed by atoms with Gasteiger partial charge in [-0.05, 0) is 42.8 Å². The number of Topliss-reactive ketones (excluding diaryl/α,β-unsaturated/α-hetero) is 1. The first-order chi connectivity index (χ1) is 15.5. The Labute approximate surface area is 185 Å². The number of ketones is 1. The summed E-state index contributed by atoms with van der Waals surface area (Å²) >= 11 is 0. The van der Waals surface area contributed by atoms with Crippen LogP contribution in [-0.4, -0.2) is 41.5 Å². The molecular formula is C24H23N3O5. The van der Waals surface area contributed by atoms with Crippen LogP contribution in [-0.2, 0) is 11.3 Å². The predicted molar refractivity (Wildman–Crippen MR) is 118 cm³/mol. The maximum Gasteiger partial charge on any atom is 0.258 e. The van der Waals surface area contributed by atoms with Crippen molar-refractivity contribution in [1.82, 2.24) is 14.9 Å². The molecule has 8 heteroatoms. The number of nitrogens with zero attached hydrogens (tertiary/aromatic N) is 2. The van der Waals surface area contributed by atoms with Gasteiger partial charge in [-0.25, -0.2) is 4.98 Å². The number of aromatic nitrogens is 2. The third kappa shape index (κ3) is 4.80. The van der Waals surface area contributed by atoms with Gasteiger partial charge in [0, 0.05) is 31.5 Å². The number of carbonyl (C=O) groups excluding carboxylic acids is 2. The number of hydrogen-bond acceptors (Lipinski definition) is 6. The molecule has 1 aromatic heterocycles. The van der Waals surface area contributed by atoms with Crippen LogP contribution in [0.1, 0.15) is 21.7 Å². The maximum absolute atomic E-state index is 12.6. The van der Waals surface area contributed by atoms with Gasteiger partial charge < -0.3 is 24.1 Å². The van der Waals surface area contributed by atoms with E-state index in [2.05, 4.69) is 10.3 Å². The molecule has 4 rings (SSSR count). The van der Waals surface area contributed by atoms with E-state index in [0.29, 0.717) is 30.2 Å². The van der Waals surface area contributed by atoms with Crippen molar-refractivity contribution in [3.05, 3.63) is 77.6 Å². The topological polar surface area (TPSA) is 91.7 Å². The van der Waals surface area contributed by atoms with Gasteiger partial charge in [0.05, 0.1) is 12.7 Å². The van der Waals surface area contributed by atoms with Gasteiger partial charge in [-0.3, -0.25) is 9.59 Å². The van der Waals surface area contributed by atoms with E-state index < -0.39 is 0 Å². The number of rotatable bonds is 8. The van der Waals surface area contributed by atoms with Crippen molar-refractivity contribution in [2.75, 3.05) is 20.3 Å². The molecule has 164 valence electrons. The number of imidazole rings is 1. The summed E-state index contributed by atoms with van der Waals surface area (Å²) in [7, 11) is 1.60. The second kappa shape index (κ2) is 9.38. The fourth-order valence-electron chi connectivity index (χ4n) is 3.26. The Morgan fingerprint density at radius 2 is 1.97 bits per heavy atom. The van der Waals surface area contributed by atoms with Crippen molar-refractivity contribution in [2.45, 2.75) is 13.5 Å². The summed E-state index contributed by atoms with van der Waals surface area (Å²) in [5.74, 6) is 2.27. The van der Waals surface area contributed by atoms with Gasteiger partial charge in [0.2, 0.25) is 5.78 Å². The van der Waals surface area contributed by atoms with Crippen molar-refractivity contribution in [1.29, 1.82) is 0 Å². The van der Waals surface area contributed by atoms with Crippen molar-refractivity contribution >= 4 is 17.8 Å². The second-order valence-corrected chi connectivity index (χ2v) is 7.18. The number of aryl methyl sites for hydroxylation is 1. The number of ether oxygens (including phenoxy) is 3. The van der Waals surface area contributed by atoms with Crippen molar-refractivity contribution in [2.24, 2.45) is 0 Å². The van der Waals surface area contributed by atoms with Gasteiger partial charge >= 0.3 is 0 Å². The smallest absolute Gasteiger partial charge is 0.258 e. The number of allylic oxidation sites excluding steroid dienone is 1. The molecule has 0 radical (unpaired) electrons. The molecule has 2 aromatic carbocycles. The van der Waals surface area contributed by atoms with Crippen LogP contribution in [0.3, 0.4) is 0 Å². The quantitative estimate of drug-likeness (QED) is 0.549. The first-order valence-electron chi connectivity index (χ1n) is 10.1. The summed E-state index contributed by atoms with van der Waals surface area (Å²) in [5.41, 5.74) is 1.28. The molecule has 2 heterocycles. The summed E-state index contributed by atoms with van der Waals surface area (Å²) in [5, 5.41) is 2.80. The van der Waals surface area contributed by atoms with Crippen LogP contribution in [0.5, 0.6) is 17.2 Å². The molecule has 0 aliphatic carbocycles. The van der Waals surface area contributed by atoms with Gasteiger partial charge in [0.15, 0.2) is 12.4 Å². The van der Waals surface area contributed by atoms with Crippen molar-refractivity contribution in [3.63, 3.8) is 0 Å². The molecule has 3 aromatic rings. The highest BCUT2D eigenvalue weighted by molar-refractivity contribution is 6.14. The molecule has 0 atom stereocenters. The van der Waals surface area contributed by atoms with Crippen LogP contribution < -0.4 is 19.5 Å². The Balaban J connectivity index is 1.32. The Kier molecular flexibility index (Phi) is 6.21. The van der Waals surface area contributed by atoms with E-state index >= 15 is 0 Å². The molecule has 0 bridgehead atoms. The molecule has 1 amide bonds. The fourth-order valence-corrected chi connectivity index (χ4v) is 3.26. The van der Waals surface area contributed by atoms with E-state index in [1.54, 1.807) is 37.6 Å². The summed E-state index contributed by atoms with van der Waals surface area (Å²) in [6.45, 7) is 2.88. The average molecular weight is 433 g/mol. The first kappa shape index (κ1) is 21.2. The third-order valence-electron chi connectivity index (χ3n) is 5.02. The SMILES string of the molecule is COc1ccc(C=C2Oc3cc(OCC(=O)NCCn4ccnc4C)ccc3C2=O)cc1. The zero-order chi connectivity index (χ0) is 22.5. The Bertz CT molecular complexity index is 1160. The largest absolute Gasteiger partial charge is 0.497 e. The third-order valence-corrected chi connectivity index (χ3v) is 5.02. The molecule has 0 fully saturated rings. The lowest BCUT2D eigenvalue weighted by Gasteiger charge is -2.09. The van der Waals surface area contributed by atoms with Crippen molar-refractivity contribution < 1.29 is 23.8 Å². The molecule has 1 N–H and O–H groups in total.